The van der Waals surface area contributed by atoms with Crippen LogP contribution < -0.4 is 4.90 Å². The molecule has 3 rings (SSSR count). The molecule has 138 valence electrons. The molecule has 0 atom stereocenters. The van der Waals surface area contributed by atoms with Gasteiger partial charge in [0.05, 0.1) is 16.3 Å². The van der Waals surface area contributed by atoms with Crippen LogP contribution in [0, 0.1) is 6.92 Å². The van der Waals surface area contributed by atoms with Gasteiger partial charge in [-0.3, -0.25) is 14.5 Å². The van der Waals surface area contributed by atoms with E-state index in [0.717, 1.165) is 0 Å². The number of nitrogens with zero attached hydrogens (tertiary/aromatic N) is 4. The largest absolute Gasteiger partial charge is 0.278 e. The van der Waals surface area contributed by atoms with Crippen LogP contribution in [0.15, 0.2) is 41.1 Å². The first-order valence-corrected chi connectivity index (χ1v) is 9.37. The van der Waals surface area contributed by atoms with Crippen molar-refractivity contribution in [2.24, 2.45) is 0 Å². The van der Waals surface area contributed by atoms with Gasteiger partial charge in [-0.2, -0.15) is 9.78 Å². The number of carbonyl (C=O) groups excluding carboxylic acids is 2. The van der Waals surface area contributed by atoms with Gasteiger partial charge in [0, 0.05) is 17.3 Å². The molecule has 0 aliphatic heterocycles. The SMILES string of the molecule is Cc1cc(Cl)cc(C(=O)Cl)c1N(C=O)c1cc(Br)nn1-c1ncccc1Cl. The van der Waals surface area contributed by atoms with Gasteiger partial charge in [0.15, 0.2) is 5.82 Å². The average molecular weight is 489 g/mol. The minimum absolute atomic E-state index is 0.0877. The lowest BCUT2D eigenvalue weighted by Gasteiger charge is -2.22. The summed E-state index contributed by atoms with van der Waals surface area (Å²) in [6.45, 7) is 1.71. The van der Waals surface area contributed by atoms with Gasteiger partial charge in [-0.1, -0.05) is 23.2 Å². The highest BCUT2D eigenvalue weighted by Gasteiger charge is 2.25. The number of pyridine rings is 1. The Labute approximate surface area is 177 Å². The Balaban J connectivity index is 2.27. The van der Waals surface area contributed by atoms with Crippen LogP contribution in [0.4, 0.5) is 11.5 Å². The molecule has 0 saturated heterocycles. The molecule has 0 unspecified atom stereocenters. The molecule has 2 heterocycles. The lowest BCUT2D eigenvalue weighted by Crippen LogP contribution is -2.21. The van der Waals surface area contributed by atoms with Crippen molar-refractivity contribution in [1.29, 1.82) is 0 Å². The van der Waals surface area contributed by atoms with Crippen molar-refractivity contribution in [2.75, 3.05) is 4.90 Å². The normalized spacial score (nSPS) is 10.7. The van der Waals surface area contributed by atoms with Crippen molar-refractivity contribution in [1.82, 2.24) is 14.8 Å². The molecule has 0 aliphatic carbocycles. The molecular weight excluding hydrogens is 478 g/mol. The van der Waals surface area contributed by atoms with E-state index in [4.69, 9.17) is 34.8 Å². The minimum atomic E-state index is -0.747. The summed E-state index contributed by atoms with van der Waals surface area (Å²) >= 11 is 21.3. The van der Waals surface area contributed by atoms with Gasteiger partial charge in [-0.25, -0.2) is 4.98 Å². The second-order valence-corrected chi connectivity index (χ2v) is 7.41. The van der Waals surface area contributed by atoms with Crippen molar-refractivity contribution in [3.63, 3.8) is 0 Å². The number of hydrogen-bond acceptors (Lipinski definition) is 4. The van der Waals surface area contributed by atoms with Crippen molar-refractivity contribution in [3.05, 3.63) is 62.3 Å². The molecule has 0 radical (unpaired) electrons. The third-order valence-electron chi connectivity index (χ3n) is 3.67. The molecule has 2 aromatic heterocycles. The number of hydrogen-bond donors (Lipinski definition) is 0. The quantitative estimate of drug-likeness (QED) is 0.360. The van der Waals surface area contributed by atoms with E-state index in [9.17, 15) is 9.59 Å². The lowest BCUT2D eigenvalue weighted by molar-refractivity contribution is -0.106. The molecule has 0 fully saturated rings. The molecule has 0 aliphatic rings. The smallest absolute Gasteiger partial charge is 0.254 e. The van der Waals surface area contributed by atoms with E-state index in [-0.39, 0.29) is 11.3 Å². The van der Waals surface area contributed by atoms with Gasteiger partial charge in [-0.05, 0) is 64.3 Å². The second-order valence-electron chi connectivity index (χ2n) is 5.41. The van der Waals surface area contributed by atoms with Gasteiger partial charge >= 0.3 is 0 Å². The summed E-state index contributed by atoms with van der Waals surface area (Å²) in [5.41, 5.74) is 0.953. The highest BCUT2D eigenvalue weighted by atomic mass is 79.9. The predicted octanol–water partition coefficient (Wildman–Crippen LogP) is 5.32. The van der Waals surface area contributed by atoms with Crippen LogP contribution in [0.3, 0.4) is 0 Å². The first-order valence-electron chi connectivity index (χ1n) is 7.44. The molecule has 10 heteroatoms. The van der Waals surface area contributed by atoms with Crippen LogP contribution in [-0.2, 0) is 4.79 Å². The Morgan fingerprint density at radius 2 is 2.04 bits per heavy atom. The number of aromatic nitrogens is 3. The first-order chi connectivity index (χ1) is 12.8. The Morgan fingerprint density at radius 1 is 1.30 bits per heavy atom. The Bertz CT molecular complexity index is 1050. The maximum absolute atomic E-state index is 12.0. The number of rotatable bonds is 5. The summed E-state index contributed by atoms with van der Waals surface area (Å²) in [4.78, 5) is 29.4. The molecule has 27 heavy (non-hydrogen) atoms. The summed E-state index contributed by atoms with van der Waals surface area (Å²) in [5, 5.41) is 4.22. The Morgan fingerprint density at radius 3 is 2.67 bits per heavy atom. The Kier molecular flexibility index (Phi) is 5.86. The molecule has 3 aromatic rings. The van der Waals surface area contributed by atoms with E-state index in [1.807, 2.05) is 0 Å². The first kappa shape index (κ1) is 19.8. The number of carbonyl (C=O) groups is 2. The lowest BCUT2D eigenvalue weighted by atomic mass is 10.1. The Hall–Kier alpha value is -1.93. The zero-order valence-electron chi connectivity index (χ0n) is 13.7. The zero-order valence-corrected chi connectivity index (χ0v) is 17.5. The maximum atomic E-state index is 12.0. The highest BCUT2D eigenvalue weighted by Crippen LogP contribution is 2.36. The number of aryl methyl sites for hydroxylation is 1. The molecular formula is C17H10BrCl3N4O2. The topological polar surface area (TPSA) is 68.1 Å². The van der Waals surface area contributed by atoms with E-state index < -0.39 is 5.24 Å². The molecule has 0 saturated carbocycles. The summed E-state index contributed by atoms with van der Waals surface area (Å²) in [6, 6.07) is 7.94. The van der Waals surface area contributed by atoms with Crippen molar-refractivity contribution < 1.29 is 9.59 Å². The van der Waals surface area contributed by atoms with Crippen molar-refractivity contribution >= 4 is 73.9 Å². The fourth-order valence-corrected chi connectivity index (χ4v) is 3.61. The third kappa shape index (κ3) is 3.87. The fourth-order valence-electron chi connectivity index (χ4n) is 2.63. The summed E-state index contributed by atoms with van der Waals surface area (Å²) in [6.07, 6.45) is 2.10. The summed E-state index contributed by atoms with van der Waals surface area (Å²) in [5.74, 6) is 0.624. The standard InChI is InChI=1S/C17H10BrCl3N4O2/c1-9-5-10(19)6-11(16(21)27)15(9)24(8-26)14-7-13(18)23-25(14)17-12(20)3-2-4-22-17/h2-8H,1H3. The second kappa shape index (κ2) is 7.98. The molecule has 0 bridgehead atoms. The monoisotopic (exact) mass is 486 g/mol. The minimum Gasteiger partial charge on any atom is -0.278 e. The summed E-state index contributed by atoms with van der Waals surface area (Å²) < 4.78 is 1.83. The fraction of sp³-hybridized carbons (Fsp3) is 0.0588. The zero-order chi connectivity index (χ0) is 19.7. The number of anilines is 2. The highest BCUT2D eigenvalue weighted by molar-refractivity contribution is 9.10. The predicted molar refractivity (Wildman–Crippen MR) is 109 cm³/mol. The van der Waals surface area contributed by atoms with Gasteiger partial charge < -0.3 is 0 Å². The van der Waals surface area contributed by atoms with E-state index in [2.05, 4.69) is 26.0 Å². The molecule has 1 aromatic carbocycles. The van der Waals surface area contributed by atoms with Gasteiger partial charge in [0.1, 0.15) is 10.4 Å². The van der Waals surface area contributed by atoms with Crippen LogP contribution in [0.25, 0.3) is 5.82 Å². The van der Waals surface area contributed by atoms with Crippen molar-refractivity contribution in [2.45, 2.75) is 6.92 Å². The average Bonchev–Trinajstić information content (AvgIpc) is 2.98. The summed E-state index contributed by atoms with van der Waals surface area (Å²) in [7, 11) is 0. The van der Waals surface area contributed by atoms with E-state index in [1.165, 1.54) is 15.6 Å². The van der Waals surface area contributed by atoms with Gasteiger partial charge in [0.2, 0.25) is 6.41 Å². The van der Waals surface area contributed by atoms with Crippen LogP contribution in [0.5, 0.6) is 0 Å². The van der Waals surface area contributed by atoms with Gasteiger partial charge in [0.25, 0.3) is 5.24 Å². The molecule has 6 nitrogen and oxygen atoms in total. The van der Waals surface area contributed by atoms with Gasteiger partial charge in [-0.15, -0.1) is 0 Å². The van der Waals surface area contributed by atoms with E-state index in [0.29, 0.717) is 38.3 Å². The number of benzene rings is 1. The number of amides is 1. The molecule has 1 amide bonds. The van der Waals surface area contributed by atoms with E-state index >= 15 is 0 Å². The molecule has 0 spiro atoms. The maximum Gasteiger partial charge on any atom is 0.254 e. The molecule has 0 N–H and O–H groups in total. The van der Waals surface area contributed by atoms with Crippen LogP contribution in [-0.4, -0.2) is 26.4 Å². The third-order valence-corrected chi connectivity index (χ3v) is 4.77. The van der Waals surface area contributed by atoms with Crippen LogP contribution in [0.2, 0.25) is 10.0 Å². The van der Waals surface area contributed by atoms with E-state index in [1.54, 1.807) is 37.4 Å². The number of halogens is 4. The van der Waals surface area contributed by atoms with Crippen LogP contribution >= 0.6 is 50.7 Å². The van der Waals surface area contributed by atoms with Crippen LogP contribution in [0.1, 0.15) is 15.9 Å². The van der Waals surface area contributed by atoms with Crippen molar-refractivity contribution in [3.8, 4) is 5.82 Å².